The van der Waals surface area contributed by atoms with E-state index < -0.39 is 17.3 Å². The van der Waals surface area contributed by atoms with E-state index in [1.165, 1.54) is 0 Å². The van der Waals surface area contributed by atoms with Crippen LogP contribution in [0.2, 0.25) is 0 Å². The normalized spacial score (nSPS) is 18.8. The molecule has 0 saturated heterocycles. The van der Waals surface area contributed by atoms with Crippen LogP contribution in [-0.2, 0) is 19.7 Å². The van der Waals surface area contributed by atoms with E-state index in [1.807, 2.05) is 36.4 Å². The molecule has 32 heavy (non-hydrogen) atoms. The minimum atomic E-state index is -1.57. The molecule has 1 unspecified atom stereocenters. The molecule has 162 valence electrons. The van der Waals surface area contributed by atoms with Crippen LogP contribution < -0.4 is 15.8 Å². The summed E-state index contributed by atoms with van der Waals surface area (Å²) in [5.74, 6) is -1.06. The lowest BCUT2D eigenvalue weighted by atomic mass is 9.68. The van der Waals surface area contributed by atoms with Crippen LogP contribution in [0.3, 0.4) is 0 Å². The van der Waals surface area contributed by atoms with Gasteiger partial charge in [-0.2, -0.15) is 5.10 Å². The Balaban J connectivity index is 1.89. The van der Waals surface area contributed by atoms with Crippen molar-refractivity contribution >= 4 is 33.5 Å². The van der Waals surface area contributed by atoms with Gasteiger partial charge in [0.05, 0.1) is 23.6 Å². The topological polar surface area (TPSA) is 108 Å². The van der Waals surface area contributed by atoms with Crippen molar-refractivity contribution in [3.8, 4) is 11.6 Å². The van der Waals surface area contributed by atoms with Gasteiger partial charge in [-0.3, -0.25) is 4.79 Å². The number of aromatic nitrogens is 2. The van der Waals surface area contributed by atoms with Crippen molar-refractivity contribution in [1.29, 1.82) is 0 Å². The molecule has 1 aromatic heterocycles. The summed E-state index contributed by atoms with van der Waals surface area (Å²) >= 11 is 3.48. The van der Waals surface area contributed by atoms with E-state index >= 15 is 0 Å². The fraction of sp³-hybridized carbons (Fsp3) is 0.174. The van der Waals surface area contributed by atoms with E-state index in [2.05, 4.69) is 26.3 Å². The van der Waals surface area contributed by atoms with Gasteiger partial charge in [-0.05, 0) is 44.2 Å². The van der Waals surface area contributed by atoms with E-state index in [9.17, 15) is 9.59 Å². The number of carbonyl (C=O) groups is 2. The van der Waals surface area contributed by atoms with Gasteiger partial charge >= 0.3 is 5.97 Å². The van der Waals surface area contributed by atoms with Gasteiger partial charge in [0, 0.05) is 15.7 Å². The van der Waals surface area contributed by atoms with E-state index in [0.717, 1.165) is 10.2 Å². The zero-order valence-corrected chi connectivity index (χ0v) is 18.9. The summed E-state index contributed by atoms with van der Waals surface area (Å²) in [6.07, 6.45) is 0. The zero-order valence-electron chi connectivity index (χ0n) is 17.3. The van der Waals surface area contributed by atoms with Crippen LogP contribution in [0.15, 0.2) is 64.5 Å². The molecule has 3 aromatic rings. The Bertz CT molecular complexity index is 1320. The largest absolute Gasteiger partial charge is 0.462 e. The molecule has 0 aliphatic carbocycles. The van der Waals surface area contributed by atoms with Crippen molar-refractivity contribution in [3.63, 3.8) is 0 Å². The highest BCUT2D eigenvalue weighted by atomic mass is 79.9. The minimum absolute atomic E-state index is 0.0584. The minimum Gasteiger partial charge on any atom is -0.462 e. The Hall–Kier alpha value is -3.59. The highest BCUT2D eigenvalue weighted by Crippen LogP contribution is 2.55. The summed E-state index contributed by atoms with van der Waals surface area (Å²) in [5, 5.41) is 7.55. The van der Waals surface area contributed by atoms with Crippen molar-refractivity contribution in [2.75, 3.05) is 11.9 Å². The van der Waals surface area contributed by atoms with Crippen molar-refractivity contribution in [1.82, 2.24) is 9.78 Å². The maximum atomic E-state index is 13.7. The monoisotopic (exact) mass is 494 g/mol. The zero-order chi connectivity index (χ0) is 22.6. The lowest BCUT2D eigenvalue weighted by molar-refractivity contribution is -0.140. The predicted molar refractivity (Wildman–Crippen MR) is 120 cm³/mol. The maximum absolute atomic E-state index is 13.7. The maximum Gasteiger partial charge on any atom is 0.341 e. The number of carbonyl (C=O) groups excluding carboxylic acids is 2. The number of amides is 1. The Labute approximate surface area is 192 Å². The van der Waals surface area contributed by atoms with Gasteiger partial charge in [-0.15, -0.1) is 0 Å². The molecule has 2 aliphatic rings. The first-order valence-corrected chi connectivity index (χ1v) is 10.8. The molecule has 3 heterocycles. The van der Waals surface area contributed by atoms with E-state index in [4.69, 9.17) is 15.2 Å². The number of rotatable bonds is 3. The number of anilines is 1. The molecule has 0 radical (unpaired) electrons. The lowest BCUT2D eigenvalue weighted by Crippen LogP contribution is -2.46. The summed E-state index contributed by atoms with van der Waals surface area (Å²) in [6.45, 7) is 3.58. The number of hydrogen-bond donors (Lipinski definition) is 2. The van der Waals surface area contributed by atoms with Crippen molar-refractivity contribution in [2.45, 2.75) is 19.3 Å². The Morgan fingerprint density at radius 1 is 1.28 bits per heavy atom. The van der Waals surface area contributed by atoms with Crippen LogP contribution in [0, 0.1) is 6.92 Å². The summed E-state index contributed by atoms with van der Waals surface area (Å²) in [6, 6.07) is 14.7. The molecular weight excluding hydrogens is 476 g/mol. The van der Waals surface area contributed by atoms with Crippen molar-refractivity contribution in [3.05, 3.63) is 81.3 Å². The molecule has 8 nitrogen and oxygen atoms in total. The van der Waals surface area contributed by atoms with Crippen LogP contribution in [0.25, 0.3) is 5.69 Å². The molecule has 0 bridgehead atoms. The second-order valence-electron chi connectivity index (χ2n) is 7.47. The highest BCUT2D eigenvalue weighted by molar-refractivity contribution is 9.10. The van der Waals surface area contributed by atoms with Gasteiger partial charge in [0.2, 0.25) is 17.7 Å². The number of benzene rings is 2. The molecular formula is C23H19BrN4O4. The molecule has 5 rings (SSSR count). The second-order valence-corrected chi connectivity index (χ2v) is 8.38. The Kier molecular flexibility index (Phi) is 4.59. The summed E-state index contributed by atoms with van der Waals surface area (Å²) in [4.78, 5) is 26.9. The SMILES string of the molecule is CCOC(=O)C1=C(N)Oc2c(c(C)nn2-c2ccccc2)C12C(=O)Nc1ccc(Br)cc12. The summed E-state index contributed by atoms with van der Waals surface area (Å²) in [5.41, 5.74) is 7.55. The number of nitrogens with zero attached hydrogens (tertiary/aromatic N) is 2. The van der Waals surface area contributed by atoms with Crippen LogP contribution in [-0.4, -0.2) is 28.3 Å². The van der Waals surface area contributed by atoms with E-state index in [-0.39, 0.29) is 23.9 Å². The number of esters is 1. The quantitative estimate of drug-likeness (QED) is 0.540. The average Bonchev–Trinajstić information content (AvgIpc) is 3.24. The molecule has 1 spiro atoms. The van der Waals surface area contributed by atoms with Gasteiger partial charge < -0.3 is 20.5 Å². The molecule has 0 fully saturated rings. The summed E-state index contributed by atoms with van der Waals surface area (Å²) in [7, 11) is 0. The van der Waals surface area contributed by atoms with Gasteiger partial charge in [-0.1, -0.05) is 34.1 Å². The van der Waals surface area contributed by atoms with E-state index in [1.54, 1.807) is 30.7 Å². The Morgan fingerprint density at radius 2 is 2.03 bits per heavy atom. The summed E-state index contributed by atoms with van der Waals surface area (Å²) < 4.78 is 13.6. The fourth-order valence-electron chi connectivity index (χ4n) is 4.47. The molecule has 2 aromatic carbocycles. The smallest absolute Gasteiger partial charge is 0.341 e. The predicted octanol–water partition coefficient (Wildman–Crippen LogP) is 3.31. The molecule has 1 atom stereocenters. The average molecular weight is 495 g/mol. The number of aryl methyl sites for hydroxylation is 1. The third-order valence-corrected chi connectivity index (χ3v) is 6.17. The third kappa shape index (κ3) is 2.64. The number of hydrogen-bond acceptors (Lipinski definition) is 6. The first kappa shape index (κ1) is 20.3. The first-order chi connectivity index (χ1) is 15.4. The van der Waals surface area contributed by atoms with Gasteiger partial charge in [-0.25, -0.2) is 9.48 Å². The van der Waals surface area contributed by atoms with Crippen LogP contribution >= 0.6 is 15.9 Å². The molecule has 3 N–H and O–H groups in total. The number of fused-ring (bicyclic) bond motifs is 4. The van der Waals surface area contributed by atoms with Crippen LogP contribution in [0.1, 0.15) is 23.7 Å². The molecule has 9 heteroatoms. The highest BCUT2D eigenvalue weighted by Gasteiger charge is 2.60. The lowest BCUT2D eigenvalue weighted by Gasteiger charge is -2.34. The standard InChI is InChI=1S/C23H19BrN4O4/c1-3-31-21(29)18-19(25)32-20-17(12(2)27-28(20)14-7-5-4-6-8-14)23(18)15-11-13(24)9-10-16(15)26-22(23)30/h4-11H,3,25H2,1-2H3,(H,26,30). The number of para-hydroxylation sites is 1. The first-order valence-electron chi connectivity index (χ1n) is 10.0. The molecule has 1 amide bonds. The number of nitrogens with two attached hydrogens (primary N) is 1. The Morgan fingerprint density at radius 3 is 2.75 bits per heavy atom. The van der Waals surface area contributed by atoms with E-state index in [0.29, 0.717) is 22.5 Å². The molecule has 0 saturated carbocycles. The van der Waals surface area contributed by atoms with Crippen LogP contribution in [0.5, 0.6) is 5.88 Å². The van der Waals surface area contributed by atoms with Crippen molar-refractivity contribution < 1.29 is 19.1 Å². The number of halogens is 1. The molecule has 2 aliphatic heterocycles. The fourth-order valence-corrected chi connectivity index (χ4v) is 4.83. The number of nitrogens with one attached hydrogen (secondary N) is 1. The van der Waals surface area contributed by atoms with Gasteiger partial charge in [0.15, 0.2) is 0 Å². The number of ether oxygens (including phenoxy) is 2. The van der Waals surface area contributed by atoms with Gasteiger partial charge in [0.25, 0.3) is 0 Å². The second kappa shape index (κ2) is 7.23. The van der Waals surface area contributed by atoms with Crippen LogP contribution in [0.4, 0.5) is 5.69 Å². The third-order valence-electron chi connectivity index (χ3n) is 5.68. The van der Waals surface area contributed by atoms with Crippen molar-refractivity contribution in [2.24, 2.45) is 5.73 Å². The van der Waals surface area contributed by atoms with Gasteiger partial charge in [0.1, 0.15) is 11.0 Å².